The maximum Gasteiger partial charge on any atom is 0.328 e. The number of ether oxygens (including phenoxy) is 1. The normalized spacial score (nSPS) is 10.9. The molecule has 0 N–H and O–H groups in total. The minimum absolute atomic E-state index is 0.0633. The molecule has 2 heterocycles. The van der Waals surface area contributed by atoms with Gasteiger partial charge in [-0.2, -0.15) is 5.10 Å². The minimum Gasteiger partial charge on any atom is -0.459 e. The highest BCUT2D eigenvalue weighted by molar-refractivity contribution is 7.17. The second kappa shape index (κ2) is 6.40. The van der Waals surface area contributed by atoms with Crippen LogP contribution >= 0.6 is 11.3 Å². The van der Waals surface area contributed by atoms with Gasteiger partial charge in [-0.05, 0) is 30.7 Å². The first kappa shape index (κ1) is 16.1. The number of nitro groups is 1. The van der Waals surface area contributed by atoms with Gasteiger partial charge in [0.15, 0.2) is 0 Å². The van der Waals surface area contributed by atoms with Crippen LogP contribution in [0.3, 0.4) is 0 Å². The Labute approximate surface area is 141 Å². The first-order chi connectivity index (χ1) is 11.5. The molecule has 0 radical (unpaired) electrons. The average Bonchev–Trinajstić information content (AvgIpc) is 3.06. The Bertz CT molecular complexity index is 929. The van der Waals surface area contributed by atoms with Crippen LogP contribution < -0.4 is 0 Å². The van der Waals surface area contributed by atoms with Gasteiger partial charge in [0, 0.05) is 10.3 Å². The number of hydrogen-bond acceptors (Lipinski definition) is 6. The molecule has 0 saturated heterocycles. The number of aryl methyl sites for hydroxylation is 1. The number of nitrogens with zero attached hydrogens (tertiary/aromatic N) is 3. The molecule has 3 rings (SSSR count). The summed E-state index contributed by atoms with van der Waals surface area (Å²) in [6, 6.07) is 7.90. The highest BCUT2D eigenvalue weighted by Gasteiger charge is 2.23. The van der Waals surface area contributed by atoms with Crippen molar-refractivity contribution in [3.05, 3.63) is 56.7 Å². The standard InChI is InChI=1S/C16H15N3O4S/c1-10-16(19(21)22)11(2)18(17-10)7-15(20)23-8-12-9-24-14-6-4-3-5-13(12)14/h3-6,9H,7-8H2,1-2H3. The molecule has 0 unspecified atom stereocenters. The van der Waals surface area contributed by atoms with Crippen molar-refractivity contribution < 1.29 is 14.5 Å². The molecule has 0 aliphatic heterocycles. The molecule has 1 aromatic carbocycles. The van der Waals surface area contributed by atoms with Crippen molar-refractivity contribution in [2.24, 2.45) is 0 Å². The summed E-state index contributed by atoms with van der Waals surface area (Å²) in [6.45, 7) is 3.13. The van der Waals surface area contributed by atoms with Crippen LogP contribution in [0, 0.1) is 24.0 Å². The molecule has 8 heteroatoms. The molecule has 0 spiro atoms. The summed E-state index contributed by atoms with van der Waals surface area (Å²) in [5, 5.41) is 18.1. The predicted octanol–water partition coefficient (Wildman–Crippen LogP) is 3.37. The fourth-order valence-corrected chi connectivity index (χ4v) is 3.52. The Hall–Kier alpha value is -2.74. The Morgan fingerprint density at radius 1 is 1.38 bits per heavy atom. The molecule has 0 aliphatic carbocycles. The molecule has 0 fully saturated rings. The van der Waals surface area contributed by atoms with Gasteiger partial charge in [0.2, 0.25) is 0 Å². The summed E-state index contributed by atoms with van der Waals surface area (Å²) in [7, 11) is 0. The second-order valence-electron chi connectivity index (χ2n) is 5.35. The van der Waals surface area contributed by atoms with Crippen LogP contribution in [0.4, 0.5) is 5.69 Å². The molecular weight excluding hydrogens is 330 g/mol. The van der Waals surface area contributed by atoms with E-state index in [0.717, 1.165) is 15.6 Å². The highest BCUT2D eigenvalue weighted by Crippen LogP contribution is 2.26. The van der Waals surface area contributed by atoms with Gasteiger partial charge in [0.25, 0.3) is 0 Å². The smallest absolute Gasteiger partial charge is 0.328 e. The van der Waals surface area contributed by atoms with E-state index in [0.29, 0.717) is 5.69 Å². The number of carbonyl (C=O) groups is 1. The Balaban J connectivity index is 1.68. The molecule has 0 amide bonds. The quantitative estimate of drug-likeness (QED) is 0.402. The SMILES string of the molecule is Cc1nn(CC(=O)OCc2csc3ccccc23)c(C)c1[N+](=O)[O-]. The van der Waals surface area contributed by atoms with Gasteiger partial charge in [0.05, 0.1) is 4.92 Å². The molecule has 0 atom stereocenters. The fraction of sp³-hybridized carbons (Fsp3) is 0.250. The molecular formula is C16H15N3O4S. The van der Waals surface area contributed by atoms with Crippen LogP contribution in [-0.2, 0) is 22.7 Å². The van der Waals surface area contributed by atoms with E-state index in [4.69, 9.17) is 4.74 Å². The van der Waals surface area contributed by atoms with Crippen molar-refractivity contribution in [3.63, 3.8) is 0 Å². The van der Waals surface area contributed by atoms with E-state index in [2.05, 4.69) is 5.10 Å². The molecule has 7 nitrogen and oxygen atoms in total. The van der Waals surface area contributed by atoms with E-state index in [-0.39, 0.29) is 24.5 Å². The summed E-state index contributed by atoms with van der Waals surface area (Å²) in [4.78, 5) is 22.5. The van der Waals surface area contributed by atoms with Crippen LogP contribution in [0.2, 0.25) is 0 Å². The third kappa shape index (κ3) is 3.00. The Morgan fingerprint density at radius 2 is 2.12 bits per heavy atom. The van der Waals surface area contributed by atoms with E-state index >= 15 is 0 Å². The van der Waals surface area contributed by atoms with Crippen molar-refractivity contribution in [2.75, 3.05) is 0 Å². The monoisotopic (exact) mass is 345 g/mol. The number of hydrogen-bond donors (Lipinski definition) is 0. The zero-order chi connectivity index (χ0) is 17.3. The van der Waals surface area contributed by atoms with Crippen molar-refractivity contribution in [1.82, 2.24) is 9.78 Å². The Morgan fingerprint density at radius 3 is 2.83 bits per heavy atom. The largest absolute Gasteiger partial charge is 0.459 e. The summed E-state index contributed by atoms with van der Waals surface area (Å²) in [6.07, 6.45) is 0. The topological polar surface area (TPSA) is 87.3 Å². The van der Waals surface area contributed by atoms with Crippen LogP contribution in [0.25, 0.3) is 10.1 Å². The van der Waals surface area contributed by atoms with Gasteiger partial charge < -0.3 is 4.74 Å². The van der Waals surface area contributed by atoms with Gasteiger partial charge in [0.1, 0.15) is 24.5 Å². The lowest BCUT2D eigenvalue weighted by atomic mass is 10.2. The number of benzene rings is 1. The van der Waals surface area contributed by atoms with Gasteiger partial charge in [-0.15, -0.1) is 11.3 Å². The third-order valence-electron chi connectivity index (χ3n) is 3.75. The molecule has 24 heavy (non-hydrogen) atoms. The zero-order valence-corrected chi connectivity index (χ0v) is 14.0. The van der Waals surface area contributed by atoms with Crippen LogP contribution in [0.5, 0.6) is 0 Å². The van der Waals surface area contributed by atoms with Crippen molar-refractivity contribution in [1.29, 1.82) is 0 Å². The van der Waals surface area contributed by atoms with Crippen molar-refractivity contribution in [2.45, 2.75) is 27.0 Å². The lowest BCUT2D eigenvalue weighted by molar-refractivity contribution is -0.386. The maximum atomic E-state index is 12.0. The van der Waals surface area contributed by atoms with Crippen LogP contribution in [0.1, 0.15) is 17.0 Å². The van der Waals surface area contributed by atoms with E-state index in [1.165, 1.54) is 4.68 Å². The average molecular weight is 345 g/mol. The number of rotatable bonds is 5. The lowest BCUT2D eigenvalue weighted by Crippen LogP contribution is -2.15. The van der Waals surface area contributed by atoms with Gasteiger partial charge in [-0.3, -0.25) is 19.6 Å². The van der Waals surface area contributed by atoms with E-state index < -0.39 is 10.9 Å². The maximum absolute atomic E-state index is 12.0. The molecule has 0 aliphatic rings. The summed E-state index contributed by atoms with van der Waals surface area (Å²) in [5.41, 5.74) is 1.51. The van der Waals surface area contributed by atoms with Gasteiger partial charge in [-0.25, -0.2) is 0 Å². The van der Waals surface area contributed by atoms with Crippen molar-refractivity contribution in [3.8, 4) is 0 Å². The number of aromatic nitrogens is 2. The number of esters is 1. The molecule has 0 bridgehead atoms. The summed E-state index contributed by atoms with van der Waals surface area (Å²) < 4.78 is 7.74. The minimum atomic E-state index is -0.489. The number of carbonyl (C=O) groups excluding carboxylic acids is 1. The van der Waals surface area contributed by atoms with Gasteiger partial charge in [-0.1, -0.05) is 18.2 Å². The van der Waals surface area contributed by atoms with Gasteiger partial charge >= 0.3 is 11.7 Å². The summed E-state index contributed by atoms with van der Waals surface area (Å²) in [5.74, 6) is -0.481. The van der Waals surface area contributed by atoms with Crippen LogP contribution in [0.15, 0.2) is 29.6 Å². The highest BCUT2D eigenvalue weighted by atomic mass is 32.1. The fourth-order valence-electron chi connectivity index (χ4n) is 2.58. The van der Waals surface area contributed by atoms with Crippen LogP contribution in [-0.4, -0.2) is 20.7 Å². The number of thiophene rings is 1. The summed E-state index contributed by atoms with van der Waals surface area (Å²) >= 11 is 1.60. The molecule has 0 saturated carbocycles. The first-order valence-electron chi connectivity index (χ1n) is 7.26. The van der Waals surface area contributed by atoms with E-state index in [1.54, 1.807) is 25.2 Å². The lowest BCUT2D eigenvalue weighted by Gasteiger charge is -2.05. The molecule has 3 aromatic rings. The second-order valence-corrected chi connectivity index (χ2v) is 6.26. The third-order valence-corrected chi connectivity index (χ3v) is 4.77. The number of fused-ring (bicyclic) bond motifs is 1. The first-order valence-corrected chi connectivity index (χ1v) is 8.14. The van der Waals surface area contributed by atoms with E-state index in [9.17, 15) is 14.9 Å². The molecule has 124 valence electrons. The molecule has 2 aromatic heterocycles. The van der Waals surface area contributed by atoms with E-state index in [1.807, 2.05) is 29.6 Å². The zero-order valence-electron chi connectivity index (χ0n) is 13.2. The Kier molecular flexibility index (Phi) is 4.30. The predicted molar refractivity (Wildman–Crippen MR) is 90.0 cm³/mol. The van der Waals surface area contributed by atoms with Crippen molar-refractivity contribution >= 4 is 33.1 Å².